The quantitative estimate of drug-likeness (QED) is 0.0307. The van der Waals surface area contributed by atoms with E-state index in [0.717, 1.165) is 70.8 Å². The van der Waals surface area contributed by atoms with Gasteiger partial charge < -0.3 is 24.9 Å². The lowest BCUT2D eigenvalue weighted by atomic mass is 10.1. The van der Waals surface area contributed by atoms with Crippen LogP contribution in [0.4, 0.5) is 22.7 Å². The van der Waals surface area contributed by atoms with Crippen LogP contribution in [0.15, 0.2) is 97.1 Å². The molecular weight excluding hydrogens is 825 g/mol. The third-order valence-electron chi connectivity index (χ3n) is 11.9. The molecule has 9 heteroatoms. The molecule has 0 bridgehead atoms. The van der Waals surface area contributed by atoms with Crippen molar-refractivity contribution in [2.24, 2.45) is 0 Å². The third kappa shape index (κ3) is 24.5. The van der Waals surface area contributed by atoms with E-state index in [4.69, 9.17) is 13.1 Å². The Hall–Kier alpha value is -5.03. The summed E-state index contributed by atoms with van der Waals surface area (Å²) in [6.45, 7) is 48.1. The van der Waals surface area contributed by atoms with E-state index < -0.39 is 0 Å². The van der Waals surface area contributed by atoms with Crippen molar-refractivity contribution in [3.8, 4) is 0 Å². The lowest BCUT2D eigenvalue weighted by molar-refractivity contribution is 0.112. The molecule has 0 heterocycles. The number of aldehydes is 1. The Bertz CT molecular complexity index is 1880. The standard InChI is InChI=1S/C29H44N4.C18H29N3.C11H15NO/c1-6-20-31(21-7-2)22-10-11-23-32(24-26-12-16-28(30-5)17-13-26)25-27-14-18-29(19-15-27)33(8-3)9-4;1-4-13-21(14-5-2)15-7-6-12-20-16-17-8-10-18(19-3)11-9-17;1-3-12(4-2)11-7-5-10(9-13)6-8-11/h12-19H,6-11,20-25H2,1-4H3;8-11,20H,4-7,12-16H2,1-2H3;5-9H,3-4H2,1-2H3. The van der Waals surface area contributed by atoms with Crippen LogP contribution in [0, 0.1) is 13.1 Å². The van der Waals surface area contributed by atoms with Crippen LogP contribution < -0.4 is 15.1 Å². The Morgan fingerprint density at radius 3 is 1.18 bits per heavy atom. The van der Waals surface area contributed by atoms with Crippen molar-refractivity contribution in [3.63, 3.8) is 0 Å². The van der Waals surface area contributed by atoms with Crippen molar-refractivity contribution in [2.75, 3.05) is 88.3 Å². The normalized spacial score (nSPS) is 10.8. The maximum Gasteiger partial charge on any atom is 0.187 e. The SMILES string of the molecule is CCN(CC)c1ccc(C=O)cc1.[C-]#[N+]c1ccc(CN(CCCCN(CCC)CCC)Cc2ccc(N(CC)CC)cc2)cc1.[C-]#[N+]c1ccc(CNCCCCN(CCC)CCC)cc1. The molecule has 1 N–H and O–H groups in total. The van der Waals surface area contributed by atoms with Crippen LogP contribution in [0.25, 0.3) is 9.69 Å². The van der Waals surface area contributed by atoms with Crippen LogP contribution in [0.3, 0.4) is 0 Å². The van der Waals surface area contributed by atoms with Gasteiger partial charge in [0.15, 0.2) is 11.4 Å². The first-order chi connectivity index (χ1) is 32.7. The Kier molecular flexibility index (Phi) is 32.1. The molecule has 0 amide bonds. The average molecular weight is 913 g/mol. The second kappa shape index (κ2) is 37.0. The van der Waals surface area contributed by atoms with Gasteiger partial charge >= 0.3 is 0 Å². The van der Waals surface area contributed by atoms with Crippen LogP contribution in [0.5, 0.6) is 0 Å². The molecule has 0 aromatic heterocycles. The predicted octanol–water partition coefficient (Wildman–Crippen LogP) is 13.6. The van der Waals surface area contributed by atoms with Gasteiger partial charge in [0, 0.05) is 62.8 Å². The average Bonchev–Trinajstić information content (AvgIpc) is 3.36. The summed E-state index contributed by atoms with van der Waals surface area (Å²) in [5, 5.41) is 3.48. The van der Waals surface area contributed by atoms with Crippen molar-refractivity contribution in [1.29, 1.82) is 0 Å². The Labute approximate surface area is 409 Å². The zero-order chi connectivity index (χ0) is 48.9. The molecular formula is C58H88N8O. The predicted molar refractivity (Wildman–Crippen MR) is 289 cm³/mol. The second-order valence-corrected chi connectivity index (χ2v) is 17.3. The molecule has 0 radical (unpaired) electrons. The molecule has 9 nitrogen and oxygen atoms in total. The van der Waals surface area contributed by atoms with Crippen molar-refractivity contribution < 1.29 is 4.79 Å². The minimum atomic E-state index is 0.712. The summed E-state index contributed by atoms with van der Waals surface area (Å²) >= 11 is 0. The highest BCUT2D eigenvalue weighted by Gasteiger charge is 2.11. The number of rotatable bonds is 31. The maximum absolute atomic E-state index is 10.4. The fraction of sp³-hybridized carbons (Fsp3) is 0.534. The van der Waals surface area contributed by atoms with Gasteiger partial charge in [-0.15, -0.1) is 0 Å². The lowest BCUT2D eigenvalue weighted by Crippen LogP contribution is -2.28. The minimum absolute atomic E-state index is 0.712. The molecule has 0 spiro atoms. The number of benzene rings is 4. The largest absolute Gasteiger partial charge is 0.372 e. The highest BCUT2D eigenvalue weighted by atomic mass is 16.1. The van der Waals surface area contributed by atoms with Crippen LogP contribution in [-0.2, 0) is 19.6 Å². The van der Waals surface area contributed by atoms with Crippen molar-refractivity contribution in [2.45, 2.75) is 126 Å². The molecule has 0 aliphatic heterocycles. The van der Waals surface area contributed by atoms with E-state index in [1.807, 2.05) is 60.7 Å². The number of nitrogens with zero attached hydrogens (tertiary/aromatic N) is 7. The molecule has 366 valence electrons. The summed E-state index contributed by atoms with van der Waals surface area (Å²) in [7, 11) is 0. The number of carbonyl (C=O) groups excluding carboxylic acids is 1. The first-order valence-corrected chi connectivity index (χ1v) is 25.7. The zero-order valence-corrected chi connectivity index (χ0v) is 43.1. The summed E-state index contributed by atoms with van der Waals surface area (Å²) in [5.74, 6) is 0. The van der Waals surface area contributed by atoms with Crippen LogP contribution in [-0.4, -0.2) is 99.5 Å². The second-order valence-electron chi connectivity index (χ2n) is 17.3. The number of anilines is 2. The first-order valence-electron chi connectivity index (χ1n) is 25.7. The number of carbonyl (C=O) groups is 1. The molecule has 0 unspecified atom stereocenters. The molecule has 0 aliphatic rings. The van der Waals surface area contributed by atoms with Gasteiger partial charge in [-0.05, 0) is 185 Å². The smallest absolute Gasteiger partial charge is 0.187 e. The third-order valence-corrected chi connectivity index (χ3v) is 11.9. The summed E-state index contributed by atoms with van der Waals surface area (Å²) < 4.78 is 0. The molecule has 0 atom stereocenters. The Morgan fingerprint density at radius 1 is 0.448 bits per heavy atom. The summed E-state index contributed by atoms with van der Waals surface area (Å²) in [4.78, 5) is 29.7. The maximum atomic E-state index is 10.4. The molecule has 0 aliphatic carbocycles. The zero-order valence-electron chi connectivity index (χ0n) is 43.1. The summed E-state index contributed by atoms with van der Waals surface area (Å²) in [6.07, 6.45) is 10.8. The van der Waals surface area contributed by atoms with Crippen LogP contribution >= 0.6 is 0 Å². The van der Waals surface area contributed by atoms with Crippen molar-refractivity contribution in [1.82, 2.24) is 20.0 Å². The van der Waals surface area contributed by atoms with Gasteiger partial charge in [-0.3, -0.25) is 9.69 Å². The van der Waals surface area contributed by atoms with E-state index in [2.05, 4.69) is 131 Å². The molecule has 4 aromatic rings. The van der Waals surface area contributed by atoms with Gasteiger partial charge in [0.2, 0.25) is 0 Å². The number of hydrogen-bond acceptors (Lipinski definition) is 7. The Morgan fingerprint density at radius 2 is 0.806 bits per heavy atom. The number of nitrogens with one attached hydrogen (secondary N) is 1. The fourth-order valence-corrected chi connectivity index (χ4v) is 8.27. The minimum Gasteiger partial charge on any atom is -0.372 e. The molecule has 0 saturated carbocycles. The van der Waals surface area contributed by atoms with Crippen LogP contribution in [0.1, 0.15) is 134 Å². The van der Waals surface area contributed by atoms with Gasteiger partial charge in [0.1, 0.15) is 6.29 Å². The van der Waals surface area contributed by atoms with Crippen molar-refractivity contribution >= 4 is 29.0 Å². The van der Waals surface area contributed by atoms with E-state index in [1.54, 1.807) is 0 Å². The monoisotopic (exact) mass is 913 g/mol. The highest BCUT2D eigenvalue weighted by Crippen LogP contribution is 2.20. The topological polar surface area (TPSA) is 54.0 Å². The number of hydrogen-bond donors (Lipinski definition) is 1. The van der Waals surface area contributed by atoms with E-state index in [0.29, 0.717) is 11.4 Å². The van der Waals surface area contributed by atoms with Gasteiger partial charge in [0.05, 0.1) is 13.1 Å². The van der Waals surface area contributed by atoms with Gasteiger partial charge in [-0.25, -0.2) is 9.69 Å². The van der Waals surface area contributed by atoms with E-state index >= 15 is 0 Å². The Balaban J connectivity index is 0.000000385. The van der Waals surface area contributed by atoms with Gasteiger partial charge in [0.25, 0.3) is 0 Å². The van der Waals surface area contributed by atoms with Crippen LogP contribution in [0.2, 0.25) is 0 Å². The molecule has 4 rings (SSSR count). The lowest BCUT2D eigenvalue weighted by Gasteiger charge is -2.25. The van der Waals surface area contributed by atoms with Gasteiger partial charge in [-0.1, -0.05) is 88.4 Å². The van der Waals surface area contributed by atoms with E-state index in [1.165, 1.54) is 119 Å². The fourth-order valence-electron chi connectivity index (χ4n) is 8.27. The first kappa shape index (κ1) is 58.1. The molecule has 0 saturated heterocycles. The molecule has 67 heavy (non-hydrogen) atoms. The van der Waals surface area contributed by atoms with Crippen molar-refractivity contribution in [3.05, 3.63) is 142 Å². The highest BCUT2D eigenvalue weighted by molar-refractivity contribution is 5.75. The summed E-state index contributed by atoms with van der Waals surface area (Å²) in [6, 6.07) is 32.7. The summed E-state index contributed by atoms with van der Waals surface area (Å²) in [5.41, 5.74) is 8.53. The van der Waals surface area contributed by atoms with Gasteiger partial charge in [-0.2, -0.15) is 0 Å². The van der Waals surface area contributed by atoms with E-state index in [9.17, 15) is 4.79 Å². The number of unbranched alkanes of at least 4 members (excludes halogenated alkanes) is 2. The molecule has 4 aromatic carbocycles. The molecule has 0 fully saturated rings. The van der Waals surface area contributed by atoms with E-state index in [-0.39, 0.29) is 0 Å².